The van der Waals surface area contributed by atoms with Crippen LogP contribution in [0.1, 0.15) is 77.6 Å². The summed E-state index contributed by atoms with van der Waals surface area (Å²) in [7, 11) is 0. The second kappa shape index (κ2) is 10.5. The maximum absolute atomic E-state index is 12.9. The lowest BCUT2D eigenvalue weighted by molar-refractivity contribution is -0.314. The quantitative estimate of drug-likeness (QED) is 0.470. The molecular formula is C29H42O7. The van der Waals surface area contributed by atoms with Crippen molar-refractivity contribution in [2.75, 3.05) is 13.2 Å². The third-order valence-electron chi connectivity index (χ3n) is 9.35. The molecule has 36 heavy (non-hydrogen) atoms. The van der Waals surface area contributed by atoms with Gasteiger partial charge >= 0.3 is 0 Å². The first kappa shape index (κ1) is 25.1. The SMILES string of the molecule is C=C1COC(CC[C@]23CCC(C=CO2)C2CC(O3)[C@H]3OC(CC(=O)CC4CCO[C@H]4C)CCC3O2)C1. The standard InChI is InChI=1S/C29H42O7/c1-18-13-23(32-17-18)6-10-29-9-5-20(8-12-33-29)26-16-27(36-29)28-25(35-26)4-3-24(34-28)15-22(30)14-21-7-11-31-19(21)2/h8,12,19-21,23-28H,1,3-7,9-11,13-17H2,2H3/t19-,20?,21?,23?,24?,25?,26?,27?,28-,29+/m0/s1. The van der Waals surface area contributed by atoms with E-state index in [1.54, 1.807) is 0 Å². The smallest absolute Gasteiger partial charge is 0.210 e. The highest BCUT2D eigenvalue weighted by Crippen LogP contribution is 2.45. The predicted octanol–water partition coefficient (Wildman–Crippen LogP) is 4.63. The van der Waals surface area contributed by atoms with Gasteiger partial charge in [0.2, 0.25) is 5.79 Å². The highest BCUT2D eigenvalue weighted by atomic mass is 16.7. The van der Waals surface area contributed by atoms with Crippen LogP contribution >= 0.6 is 0 Å². The highest BCUT2D eigenvalue weighted by molar-refractivity contribution is 5.79. The number of ketones is 1. The first-order valence-electron chi connectivity index (χ1n) is 14.2. The molecule has 0 aromatic carbocycles. The summed E-state index contributed by atoms with van der Waals surface area (Å²) in [6.45, 7) is 7.58. The van der Waals surface area contributed by atoms with Crippen LogP contribution in [0, 0.1) is 11.8 Å². The number of carbonyl (C=O) groups is 1. The average Bonchev–Trinajstić information content (AvgIpc) is 3.40. The van der Waals surface area contributed by atoms with E-state index in [0.717, 1.165) is 64.4 Å². The Bertz CT molecular complexity index is 857. The third kappa shape index (κ3) is 5.32. The predicted molar refractivity (Wildman–Crippen MR) is 132 cm³/mol. The van der Waals surface area contributed by atoms with Crippen molar-refractivity contribution in [3.05, 3.63) is 24.5 Å². The second-order valence-electron chi connectivity index (χ2n) is 12.0. The van der Waals surface area contributed by atoms with E-state index in [2.05, 4.69) is 19.6 Å². The van der Waals surface area contributed by atoms with Crippen LogP contribution in [0.2, 0.25) is 0 Å². The van der Waals surface area contributed by atoms with E-state index in [-0.39, 0.29) is 48.5 Å². The fraction of sp³-hybridized carbons (Fsp3) is 0.828. The lowest BCUT2D eigenvalue weighted by atomic mass is 9.82. The van der Waals surface area contributed by atoms with E-state index < -0.39 is 5.79 Å². The molecule has 0 N–H and O–H groups in total. The Hall–Kier alpha value is -1.25. The number of rotatable bonds is 7. The van der Waals surface area contributed by atoms with Crippen LogP contribution in [0.15, 0.2) is 24.5 Å². The molecule has 6 aliphatic rings. The molecule has 0 spiro atoms. The molecule has 0 saturated carbocycles. The molecular weight excluding hydrogens is 460 g/mol. The van der Waals surface area contributed by atoms with E-state index in [4.69, 9.17) is 28.4 Å². The molecule has 7 unspecified atom stereocenters. The van der Waals surface area contributed by atoms with E-state index in [1.165, 1.54) is 5.57 Å². The van der Waals surface area contributed by atoms with Crippen LogP contribution in [0.4, 0.5) is 0 Å². The monoisotopic (exact) mass is 502 g/mol. The summed E-state index contributed by atoms with van der Waals surface area (Å²) in [6.07, 6.45) is 13.2. The van der Waals surface area contributed by atoms with Gasteiger partial charge in [0.05, 0.1) is 49.5 Å². The molecule has 5 saturated heterocycles. The number of hydrogen-bond donors (Lipinski definition) is 0. The lowest BCUT2D eigenvalue weighted by Crippen LogP contribution is -2.59. The maximum atomic E-state index is 12.9. The number of fused-ring (bicyclic) bond motifs is 8. The van der Waals surface area contributed by atoms with Gasteiger partial charge in [-0.25, -0.2) is 0 Å². The minimum absolute atomic E-state index is 0.00893. The van der Waals surface area contributed by atoms with E-state index in [1.807, 2.05) is 6.26 Å². The summed E-state index contributed by atoms with van der Waals surface area (Å²) >= 11 is 0. The molecule has 5 fully saturated rings. The number of Topliss-reactive ketones (excluding diaryl/α,β-unsaturated/α-hetero) is 1. The van der Waals surface area contributed by atoms with Gasteiger partial charge in [-0.15, -0.1) is 0 Å². The van der Waals surface area contributed by atoms with Crippen molar-refractivity contribution in [1.82, 2.24) is 0 Å². The molecule has 6 aliphatic heterocycles. The Labute approximate surface area is 214 Å². The summed E-state index contributed by atoms with van der Waals surface area (Å²) in [5.74, 6) is 0.288. The van der Waals surface area contributed by atoms with Crippen molar-refractivity contribution in [3.8, 4) is 0 Å². The lowest BCUT2D eigenvalue weighted by Gasteiger charge is -2.50. The summed E-state index contributed by atoms with van der Waals surface area (Å²) in [5.41, 5.74) is 1.17. The Kier molecular flexibility index (Phi) is 7.30. The van der Waals surface area contributed by atoms with Crippen molar-refractivity contribution in [2.45, 2.75) is 126 Å². The van der Waals surface area contributed by atoms with E-state index in [9.17, 15) is 4.79 Å². The van der Waals surface area contributed by atoms with Gasteiger partial charge in [0.25, 0.3) is 0 Å². The van der Waals surface area contributed by atoms with Crippen LogP contribution in [0.3, 0.4) is 0 Å². The van der Waals surface area contributed by atoms with E-state index in [0.29, 0.717) is 31.3 Å². The maximum Gasteiger partial charge on any atom is 0.210 e. The molecule has 10 atom stereocenters. The first-order chi connectivity index (χ1) is 17.5. The zero-order valence-electron chi connectivity index (χ0n) is 21.6. The van der Waals surface area contributed by atoms with Crippen molar-refractivity contribution >= 4 is 5.78 Å². The Morgan fingerprint density at radius 3 is 2.78 bits per heavy atom. The largest absolute Gasteiger partial charge is 0.470 e. The molecule has 0 aliphatic carbocycles. The van der Waals surface area contributed by atoms with Crippen LogP contribution in [0.5, 0.6) is 0 Å². The molecule has 0 amide bonds. The minimum atomic E-state index is -0.666. The summed E-state index contributed by atoms with van der Waals surface area (Å²) in [5, 5.41) is 0. The third-order valence-corrected chi connectivity index (χ3v) is 9.35. The topological polar surface area (TPSA) is 72.5 Å². The second-order valence-corrected chi connectivity index (χ2v) is 12.0. The summed E-state index contributed by atoms with van der Waals surface area (Å²) in [6, 6.07) is 0. The van der Waals surface area contributed by atoms with Crippen LogP contribution in [-0.4, -0.2) is 67.5 Å². The molecule has 0 aromatic rings. The Balaban J connectivity index is 1.12. The van der Waals surface area contributed by atoms with Gasteiger partial charge in [0.1, 0.15) is 11.9 Å². The zero-order chi connectivity index (χ0) is 24.7. The van der Waals surface area contributed by atoms with Crippen LogP contribution in [0.25, 0.3) is 0 Å². The van der Waals surface area contributed by atoms with Crippen molar-refractivity contribution in [2.24, 2.45) is 11.8 Å². The zero-order valence-corrected chi connectivity index (χ0v) is 21.6. The normalized spacial score (nSPS) is 46.0. The molecule has 0 aromatic heterocycles. The summed E-state index contributed by atoms with van der Waals surface area (Å²) < 4.78 is 38.0. The van der Waals surface area contributed by atoms with Crippen molar-refractivity contribution < 1.29 is 33.2 Å². The molecule has 6 heterocycles. The van der Waals surface area contributed by atoms with Gasteiger partial charge in [-0.05, 0) is 63.0 Å². The highest BCUT2D eigenvalue weighted by Gasteiger charge is 2.51. The molecule has 6 rings (SSSR count). The molecule has 200 valence electrons. The molecule has 0 radical (unpaired) electrons. The fourth-order valence-electron chi connectivity index (χ4n) is 7.19. The van der Waals surface area contributed by atoms with Gasteiger partial charge in [-0.3, -0.25) is 4.79 Å². The van der Waals surface area contributed by atoms with Crippen LogP contribution in [-0.2, 0) is 33.2 Å². The average molecular weight is 503 g/mol. The number of carbonyl (C=O) groups excluding carboxylic acids is 1. The van der Waals surface area contributed by atoms with Gasteiger partial charge in [-0.2, -0.15) is 0 Å². The number of hydrogen-bond acceptors (Lipinski definition) is 7. The number of ether oxygens (including phenoxy) is 6. The van der Waals surface area contributed by atoms with Gasteiger partial charge in [0.15, 0.2) is 0 Å². The molecule has 4 bridgehead atoms. The minimum Gasteiger partial charge on any atom is -0.470 e. The summed E-state index contributed by atoms with van der Waals surface area (Å²) in [4.78, 5) is 12.9. The molecule has 7 heteroatoms. The molecule has 7 nitrogen and oxygen atoms in total. The van der Waals surface area contributed by atoms with E-state index >= 15 is 0 Å². The van der Waals surface area contributed by atoms with Crippen molar-refractivity contribution in [1.29, 1.82) is 0 Å². The van der Waals surface area contributed by atoms with Crippen molar-refractivity contribution in [3.63, 3.8) is 0 Å². The first-order valence-corrected chi connectivity index (χ1v) is 14.2. The Morgan fingerprint density at radius 2 is 1.97 bits per heavy atom. The van der Waals surface area contributed by atoms with Crippen LogP contribution < -0.4 is 0 Å². The van der Waals surface area contributed by atoms with Gasteiger partial charge < -0.3 is 28.4 Å². The van der Waals surface area contributed by atoms with Gasteiger partial charge in [-0.1, -0.05) is 6.58 Å². The Morgan fingerprint density at radius 1 is 1.06 bits per heavy atom. The fourth-order valence-corrected chi connectivity index (χ4v) is 7.19. The van der Waals surface area contributed by atoms with Gasteiger partial charge in [0, 0.05) is 44.6 Å².